The zero-order chi connectivity index (χ0) is 37.6. The molecule has 0 amide bonds. The van der Waals surface area contributed by atoms with E-state index >= 15 is 0 Å². The first-order valence-corrected chi connectivity index (χ1v) is 22.6. The van der Waals surface area contributed by atoms with Gasteiger partial charge in [0.25, 0.3) is 0 Å². The third-order valence-corrected chi connectivity index (χ3v) is 10.3. The molecule has 0 saturated carbocycles. The Morgan fingerprint density at radius 3 is 1.04 bits per heavy atom. The molecule has 0 aromatic carbocycles. The Hall–Kier alpha value is -1.14. The van der Waals surface area contributed by atoms with Crippen molar-refractivity contribution in [3.05, 3.63) is 0 Å². The number of unbranched alkanes of at least 4 members (excludes halogenated alkanes) is 22. The molecule has 0 fully saturated rings. The molecule has 0 saturated heterocycles. The third-order valence-electron chi connectivity index (χ3n) is 10.3. The molecular formula is C45H90N2O4. The molecule has 0 aliphatic carbocycles. The van der Waals surface area contributed by atoms with Crippen LogP contribution < -0.4 is 0 Å². The van der Waals surface area contributed by atoms with Crippen molar-refractivity contribution in [1.29, 1.82) is 0 Å². The van der Waals surface area contributed by atoms with Gasteiger partial charge in [0.15, 0.2) is 0 Å². The summed E-state index contributed by atoms with van der Waals surface area (Å²) in [5, 5.41) is 0. The van der Waals surface area contributed by atoms with Crippen molar-refractivity contribution < 1.29 is 19.1 Å². The average Bonchev–Trinajstić information content (AvgIpc) is 3.10. The van der Waals surface area contributed by atoms with E-state index in [-0.39, 0.29) is 24.1 Å². The van der Waals surface area contributed by atoms with Crippen molar-refractivity contribution in [3.63, 3.8) is 0 Å². The van der Waals surface area contributed by atoms with Crippen LogP contribution in [0.15, 0.2) is 0 Å². The summed E-state index contributed by atoms with van der Waals surface area (Å²) in [5.41, 5.74) is 0. The standard InChI is InChI=1S/C45H90N2O4/c1-7-11-15-17-19-21-23-25-27-29-31-36-44(48)50-42(34-13-9-3)40-47(39-33-38-46(5)6)41-43(35-14-10-4)51-45(49)37-32-30-28-26-24-22-20-18-16-12-8-2/h42-43H,7-41H2,1-6H3. The first kappa shape index (κ1) is 49.9. The van der Waals surface area contributed by atoms with E-state index < -0.39 is 0 Å². The number of nitrogens with zero attached hydrogens (tertiary/aromatic N) is 2. The van der Waals surface area contributed by atoms with Crippen LogP contribution in [-0.4, -0.2) is 74.2 Å². The zero-order valence-corrected chi connectivity index (χ0v) is 35.4. The molecule has 6 nitrogen and oxygen atoms in total. The summed E-state index contributed by atoms with van der Waals surface area (Å²) in [7, 11) is 4.23. The first-order chi connectivity index (χ1) is 24.9. The SMILES string of the molecule is CCCCCCCCCCCCCC(=O)OC(CCCC)CN(CCCN(C)C)CC(CCCC)OC(=O)CCCCCCCCCCCCC. The molecule has 6 heteroatoms. The molecule has 0 radical (unpaired) electrons. The summed E-state index contributed by atoms with van der Waals surface area (Å²) in [6.45, 7) is 12.3. The van der Waals surface area contributed by atoms with Crippen molar-refractivity contribution >= 4 is 11.9 Å². The van der Waals surface area contributed by atoms with Gasteiger partial charge in [0.05, 0.1) is 0 Å². The maximum absolute atomic E-state index is 13.0. The topological polar surface area (TPSA) is 59.1 Å². The summed E-state index contributed by atoms with van der Waals surface area (Å²) in [6.07, 6.45) is 36.0. The van der Waals surface area contributed by atoms with E-state index in [1.54, 1.807) is 0 Å². The minimum atomic E-state index is -0.108. The fraction of sp³-hybridized carbons (Fsp3) is 0.956. The van der Waals surface area contributed by atoms with Crippen molar-refractivity contribution in [2.24, 2.45) is 0 Å². The molecule has 0 aliphatic rings. The van der Waals surface area contributed by atoms with Gasteiger partial charge in [-0.3, -0.25) is 14.5 Å². The predicted octanol–water partition coefficient (Wildman–Crippen LogP) is 12.8. The lowest BCUT2D eigenvalue weighted by atomic mass is 10.1. The van der Waals surface area contributed by atoms with Gasteiger partial charge in [-0.1, -0.05) is 169 Å². The van der Waals surface area contributed by atoms with Crippen LogP contribution in [0.25, 0.3) is 0 Å². The van der Waals surface area contributed by atoms with E-state index in [1.165, 1.54) is 116 Å². The highest BCUT2D eigenvalue weighted by atomic mass is 16.5. The smallest absolute Gasteiger partial charge is 0.306 e. The minimum Gasteiger partial charge on any atom is -0.461 e. The monoisotopic (exact) mass is 723 g/mol. The maximum Gasteiger partial charge on any atom is 0.306 e. The van der Waals surface area contributed by atoms with Crippen LogP contribution in [0.1, 0.15) is 227 Å². The summed E-state index contributed by atoms with van der Waals surface area (Å²) >= 11 is 0. The fourth-order valence-corrected chi connectivity index (χ4v) is 7.04. The lowest BCUT2D eigenvalue weighted by Crippen LogP contribution is -2.42. The maximum atomic E-state index is 13.0. The molecule has 0 spiro atoms. The van der Waals surface area contributed by atoms with Crippen LogP contribution in [0.3, 0.4) is 0 Å². The summed E-state index contributed by atoms with van der Waals surface area (Å²) in [5.74, 6) is -0.0811. The van der Waals surface area contributed by atoms with Crippen molar-refractivity contribution in [2.75, 3.05) is 40.3 Å². The van der Waals surface area contributed by atoms with E-state index in [1.807, 2.05) is 0 Å². The molecule has 51 heavy (non-hydrogen) atoms. The first-order valence-electron chi connectivity index (χ1n) is 22.6. The predicted molar refractivity (Wildman–Crippen MR) is 221 cm³/mol. The summed E-state index contributed by atoms with van der Waals surface area (Å²) < 4.78 is 12.3. The number of rotatable bonds is 40. The Bertz CT molecular complexity index is 692. The normalized spacial score (nSPS) is 12.9. The van der Waals surface area contributed by atoms with Crippen LogP contribution in [0.2, 0.25) is 0 Å². The molecule has 0 rings (SSSR count). The molecule has 0 aromatic heterocycles. The largest absolute Gasteiger partial charge is 0.461 e. The van der Waals surface area contributed by atoms with Gasteiger partial charge in [-0.25, -0.2) is 0 Å². The minimum absolute atomic E-state index is 0.0406. The van der Waals surface area contributed by atoms with Gasteiger partial charge in [0, 0.05) is 25.9 Å². The highest BCUT2D eigenvalue weighted by Crippen LogP contribution is 2.17. The zero-order valence-electron chi connectivity index (χ0n) is 35.4. The Balaban J connectivity index is 4.86. The molecule has 0 N–H and O–H groups in total. The summed E-state index contributed by atoms with van der Waals surface area (Å²) in [6, 6.07) is 0. The molecule has 2 atom stereocenters. The lowest BCUT2D eigenvalue weighted by molar-refractivity contribution is -0.152. The van der Waals surface area contributed by atoms with Crippen LogP contribution in [0.4, 0.5) is 0 Å². The van der Waals surface area contributed by atoms with Gasteiger partial charge in [0.2, 0.25) is 0 Å². The molecule has 0 heterocycles. The van der Waals surface area contributed by atoms with Crippen LogP contribution in [-0.2, 0) is 19.1 Å². The number of esters is 2. The number of carbonyl (C=O) groups is 2. The van der Waals surface area contributed by atoms with Gasteiger partial charge < -0.3 is 14.4 Å². The van der Waals surface area contributed by atoms with Crippen LogP contribution in [0, 0.1) is 0 Å². The Kier molecular flexibility index (Phi) is 37.7. The van der Waals surface area contributed by atoms with E-state index in [4.69, 9.17) is 9.47 Å². The quantitative estimate of drug-likeness (QED) is 0.0463. The highest BCUT2D eigenvalue weighted by Gasteiger charge is 2.23. The van der Waals surface area contributed by atoms with Crippen molar-refractivity contribution in [3.8, 4) is 0 Å². The number of carbonyl (C=O) groups excluding carboxylic acids is 2. The van der Waals surface area contributed by atoms with Gasteiger partial charge in [-0.15, -0.1) is 0 Å². The highest BCUT2D eigenvalue weighted by molar-refractivity contribution is 5.69. The second kappa shape index (κ2) is 38.6. The third kappa shape index (κ3) is 35.6. The molecule has 2 unspecified atom stereocenters. The van der Waals surface area contributed by atoms with Crippen molar-refractivity contribution in [1.82, 2.24) is 9.80 Å². The second-order valence-corrected chi connectivity index (χ2v) is 16.0. The molecular weight excluding hydrogens is 633 g/mol. The molecule has 304 valence electrons. The fourth-order valence-electron chi connectivity index (χ4n) is 7.04. The van der Waals surface area contributed by atoms with Gasteiger partial charge in [-0.05, 0) is 72.1 Å². The second-order valence-electron chi connectivity index (χ2n) is 16.0. The van der Waals surface area contributed by atoms with E-state index in [2.05, 4.69) is 51.6 Å². The van der Waals surface area contributed by atoms with E-state index in [0.717, 1.165) is 96.8 Å². The van der Waals surface area contributed by atoms with E-state index in [0.29, 0.717) is 12.8 Å². The van der Waals surface area contributed by atoms with E-state index in [9.17, 15) is 9.59 Å². The van der Waals surface area contributed by atoms with Gasteiger partial charge >= 0.3 is 11.9 Å². The number of hydrogen-bond donors (Lipinski definition) is 0. The van der Waals surface area contributed by atoms with Crippen LogP contribution >= 0.6 is 0 Å². The number of hydrogen-bond acceptors (Lipinski definition) is 6. The van der Waals surface area contributed by atoms with Gasteiger partial charge in [0.1, 0.15) is 12.2 Å². The molecule has 0 bridgehead atoms. The lowest BCUT2D eigenvalue weighted by Gasteiger charge is -2.31. The summed E-state index contributed by atoms with van der Waals surface area (Å²) in [4.78, 5) is 30.7. The van der Waals surface area contributed by atoms with Crippen molar-refractivity contribution in [2.45, 2.75) is 239 Å². The Morgan fingerprint density at radius 2 is 0.725 bits per heavy atom. The Morgan fingerprint density at radius 1 is 0.412 bits per heavy atom. The average molecular weight is 723 g/mol. The molecule has 0 aliphatic heterocycles. The Labute approximate surface area is 319 Å². The van der Waals surface area contributed by atoms with Crippen LogP contribution in [0.5, 0.6) is 0 Å². The molecule has 0 aromatic rings. The van der Waals surface area contributed by atoms with Gasteiger partial charge in [-0.2, -0.15) is 0 Å². The number of ether oxygens (including phenoxy) is 2.